The van der Waals surface area contributed by atoms with Gasteiger partial charge in [-0.3, -0.25) is 14.6 Å². The number of nitrogens with one attached hydrogen (secondary N) is 3. The van der Waals surface area contributed by atoms with Gasteiger partial charge in [0.15, 0.2) is 0 Å². The Morgan fingerprint density at radius 2 is 1.50 bits per heavy atom. The molecule has 0 saturated heterocycles. The molecule has 0 aliphatic carbocycles. The van der Waals surface area contributed by atoms with Crippen LogP contribution >= 0.6 is 0 Å². The van der Waals surface area contributed by atoms with Gasteiger partial charge in [0, 0.05) is 23.4 Å². The Kier molecular flexibility index (Phi) is 13.1. The predicted octanol–water partition coefficient (Wildman–Crippen LogP) is 5.66. The first-order valence-electron chi connectivity index (χ1n) is 16.7. The van der Waals surface area contributed by atoms with Gasteiger partial charge in [0.1, 0.15) is 11.8 Å². The van der Waals surface area contributed by atoms with Crippen molar-refractivity contribution in [1.29, 1.82) is 0 Å². The molecule has 4 aromatic rings. The smallest absolute Gasteiger partial charge is 0.407 e. The molecular weight excluding hydrogens is 632 g/mol. The van der Waals surface area contributed by atoms with E-state index in [2.05, 4.69) is 20.9 Å². The van der Waals surface area contributed by atoms with Crippen LogP contribution in [0, 0.1) is 12.3 Å². The molecule has 4 rings (SSSR count). The Bertz CT molecular complexity index is 1710. The summed E-state index contributed by atoms with van der Waals surface area (Å²) in [6.45, 7) is 7.37. The Morgan fingerprint density at radius 1 is 0.820 bits per heavy atom. The van der Waals surface area contributed by atoms with Crippen LogP contribution in [-0.4, -0.2) is 66.4 Å². The summed E-state index contributed by atoms with van der Waals surface area (Å²) in [7, 11) is 2.81. The fraction of sp³-hybridized carbons (Fsp3) is 0.350. The lowest BCUT2D eigenvalue weighted by molar-refractivity contribution is -0.126. The zero-order chi connectivity index (χ0) is 36.3. The second-order valence-corrected chi connectivity index (χ2v) is 13.5. The molecule has 10 heteroatoms. The molecule has 1 aromatic heterocycles. The van der Waals surface area contributed by atoms with Gasteiger partial charge >= 0.3 is 6.09 Å². The zero-order valence-corrected chi connectivity index (χ0v) is 29.6. The maximum absolute atomic E-state index is 13.8. The minimum atomic E-state index is -1.06. The number of hydrogen-bond acceptors (Lipinski definition) is 7. The van der Waals surface area contributed by atoms with Gasteiger partial charge in [-0.25, -0.2) is 4.79 Å². The number of benzene rings is 3. The number of ether oxygens (including phenoxy) is 2. The summed E-state index contributed by atoms with van der Waals surface area (Å²) in [6, 6.07) is 26.3. The molecule has 4 N–H and O–H groups in total. The van der Waals surface area contributed by atoms with E-state index < -0.39 is 41.6 Å². The lowest BCUT2D eigenvalue weighted by Gasteiger charge is -2.33. The van der Waals surface area contributed by atoms with Crippen molar-refractivity contribution in [2.45, 2.75) is 71.2 Å². The lowest BCUT2D eigenvalue weighted by Crippen LogP contribution is -2.56. The Labute approximate surface area is 294 Å². The van der Waals surface area contributed by atoms with E-state index in [1.165, 1.54) is 7.11 Å². The highest BCUT2D eigenvalue weighted by Crippen LogP contribution is 2.23. The van der Waals surface area contributed by atoms with Crippen LogP contribution in [0.4, 0.5) is 4.79 Å². The number of hydrogen-bond donors (Lipinski definition) is 4. The lowest BCUT2D eigenvalue weighted by atomic mass is 9.85. The van der Waals surface area contributed by atoms with Crippen molar-refractivity contribution in [3.05, 3.63) is 119 Å². The van der Waals surface area contributed by atoms with Crippen molar-refractivity contribution in [3.63, 3.8) is 0 Å². The number of alkyl carbamates (subject to hydrolysis) is 1. The molecule has 0 unspecified atom stereocenters. The van der Waals surface area contributed by atoms with E-state index in [1.54, 1.807) is 31.5 Å². The molecule has 3 aromatic carbocycles. The Balaban J connectivity index is 1.62. The second kappa shape index (κ2) is 17.4. The number of nitrogens with zero attached hydrogens (tertiary/aromatic N) is 1. The molecule has 0 fully saturated rings. The molecule has 0 bridgehead atoms. The van der Waals surface area contributed by atoms with Gasteiger partial charge in [-0.15, -0.1) is 0 Å². The Hall–Kier alpha value is -5.22. The number of rotatable bonds is 14. The summed E-state index contributed by atoms with van der Waals surface area (Å²) in [5.74, 6) is -0.101. The van der Waals surface area contributed by atoms with Crippen molar-refractivity contribution in [1.82, 2.24) is 20.9 Å². The average Bonchev–Trinajstić information content (AvgIpc) is 3.10. The van der Waals surface area contributed by atoms with Gasteiger partial charge in [-0.2, -0.15) is 0 Å². The second-order valence-electron chi connectivity index (χ2n) is 13.5. The third-order valence-electron chi connectivity index (χ3n) is 8.60. The molecule has 0 radical (unpaired) electrons. The number of aliphatic hydroxyl groups is 1. The molecule has 0 aliphatic heterocycles. The van der Waals surface area contributed by atoms with Crippen LogP contribution in [0.25, 0.3) is 11.3 Å². The summed E-state index contributed by atoms with van der Waals surface area (Å²) in [6.07, 6.45) is 0.812. The van der Waals surface area contributed by atoms with Crippen molar-refractivity contribution < 1.29 is 29.0 Å². The average molecular weight is 681 g/mol. The van der Waals surface area contributed by atoms with Gasteiger partial charge in [0.05, 0.1) is 32.1 Å². The summed E-state index contributed by atoms with van der Waals surface area (Å²) in [5.41, 5.74) is 4.21. The van der Waals surface area contributed by atoms with Crippen LogP contribution in [-0.2, 0) is 22.4 Å². The number of aromatic nitrogens is 1. The highest BCUT2D eigenvalue weighted by atomic mass is 16.5. The van der Waals surface area contributed by atoms with E-state index in [9.17, 15) is 19.5 Å². The first-order chi connectivity index (χ1) is 23.9. The first-order valence-corrected chi connectivity index (χ1v) is 16.7. The van der Waals surface area contributed by atoms with Gasteiger partial charge < -0.3 is 30.5 Å². The van der Waals surface area contributed by atoms with Gasteiger partial charge in [0.25, 0.3) is 5.91 Å². The third kappa shape index (κ3) is 10.6. The normalized spacial score (nSPS) is 13.7. The molecule has 0 aliphatic rings. The van der Waals surface area contributed by atoms with E-state index in [-0.39, 0.29) is 12.3 Å². The molecule has 50 heavy (non-hydrogen) atoms. The van der Waals surface area contributed by atoms with Gasteiger partial charge in [0.2, 0.25) is 5.91 Å². The van der Waals surface area contributed by atoms with E-state index in [0.717, 1.165) is 27.9 Å². The largest absolute Gasteiger partial charge is 0.497 e. The van der Waals surface area contributed by atoms with Crippen LogP contribution in [0.1, 0.15) is 54.2 Å². The van der Waals surface area contributed by atoms with E-state index in [4.69, 9.17) is 9.47 Å². The molecule has 10 nitrogen and oxygen atoms in total. The van der Waals surface area contributed by atoms with E-state index in [0.29, 0.717) is 24.2 Å². The fourth-order valence-corrected chi connectivity index (χ4v) is 5.83. The predicted molar refractivity (Wildman–Crippen MR) is 194 cm³/mol. The molecular formula is C40H48N4O6. The summed E-state index contributed by atoms with van der Waals surface area (Å²) >= 11 is 0. The van der Waals surface area contributed by atoms with Crippen LogP contribution in [0.3, 0.4) is 0 Å². The maximum Gasteiger partial charge on any atom is 0.407 e. The van der Waals surface area contributed by atoms with E-state index >= 15 is 0 Å². The van der Waals surface area contributed by atoms with Gasteiger partial charge in [-0.1, -0.05) is 81.4 Å². The molecule has 3 amide bonds. The molecule has 4 atom stereocenters. The highest BCUT2D eigenvalue weighted by molar-refractivity contribution is 5.96. The Morgan fingerprint density at radius 3 is 2.10 bits per heavy atom. The van der Waals surface area contributed by atoms with Crippen LogP contribution in [0.15, 0.2) is 97.2 Å². The SMILES string of the molecule is COC(=O)N[C@H](C(=O)N[C@H](Cc1ccc(-c2ccccn2)cc1)C[C@H](O)[C@H](Cc1ccccc1)NC(=O)c1ccc(OC)cc1C)C(C)(C)C. The highest BCUT2D eigenvalue weighted by Gasteiger charge is 2.35. The minimum Gasteiger partial charge on any atom is -0.497 e. The summed E-state index contributed by atoms with van der Waals surface area (Å²) in [4.78, 5) is 44.1. The minimum absolute atomic E-state index is 0.113. The van der Waals surface area contributed by atoms with Crippen molar-refractivity contribution in [3.8, 4) is 17.0 Å². The molecule has 0 saturated carbocycles. The number of amides is 3. The molecule has 1 heterocycles. The number of aliphatic hydroxyl groups excluding tert-OH is 1. The van der Waals surface area contributed by atoms with Crippen LogP contribution < -0.4 is 20.7 Å². The van der Waals surface area contributed by atoms with Gasteiger partial charge in [-0.05, 0) is 78.6 Å². The monoisotopic (exact) mass is 680 g/mol. The fourth-order valence-electron chi connectivity index (χ4n) is 5.83. The third-order valence-corrected chi connectivity index (χ3v) is 8.60. The van der Waals surface area contributed by atoms with Crippen LogP contribution in [0.2, 0.25) is 0 Å². The molecule has 0 spiro atoms. The van der Waals surface area contributed by atoms with Crippen molar-refractivity contribution in [2.75, 3.05) is 14.2 Å². The number of aryl methyl sites for hydroxylation is 1. The summed E-state index contributed by atoms with van der Waals surface area (Å²) in [5, 5.41) is 20.7. The quantitative estimate of drug-likeness (QED) is 0.135. The zero-order valence-electron chi connectivity index (χ0n) is 29.6. The van der Waals surface area contributed by atoms with Crippen molar-refractivity contribution >= 4 is 17.9 Å². The topological polar surface area (TPSA) is 139 Å². The number of carbonyl (C=O) groups excluding carboxylic acids is 3. The molecule has 264 valence electrons. The van der Waals surface area contributed by atoms with Crippen LogP contribution in [0.5, 0.6) is 5.75 Å². The number of carbonyl (C=O) groups is 3. The standard InChI is InChI=1S/C40H48N4O6/c1-26-22-31(49-5)19-20-32(26)37(46)43-34(24-27-12-8-7-9-13-27)35(45)25-30(42-38(47)36(40(2,3)4)44-39(48)50-6)23-28-15-17-29(18-16-28)33-14-10-11-21-41-33/h7-22,30,34-36,45H,23-25H2,1-6H3,(H,42,47)(H,43,46)(H,44,48)/t30-,34+,35+,36-/m1/s1. The first kappa shape index (κ1) is 37.6. The maximum atomic E-state index is 13.8. The summed E-state index contributed by atoms with van der Waals surface area (Å²) < 4.78 is 10.1. The number of methoxy groups -OCH3 is 2. The van der Waals surface area contributed by atoms with Crippen molar-refractivity contribution in [2.24, 2.45) is 5.41 Å². The van der Waals surface area contributed by atoms with E-state index in [1.807, 2.05) is 100 Å². The number of pyridine rings is 1.